The number of thioether (sulfide) groups is 1. The lowest BCUT2D eigenvalue weighted by Gasteiger charge is -2.40. The van der Waals surface area contributed by atoms with Crippen molar-refractivity contribution in [2.75, 3.05) is 6.26 Å². The van der Waals surface area contributed by atoms with E-state index in [0.717, 1.165) is 0 Å². The van der Waals surface area contributed by atoms with Gasteiger partial charge in [-0.3, -0.25) is 0 Å². The highest BCUT2D eigenvalue weighted by Gasteiger charge is 2.51. The van der Waals surface area contributed by atoms with Crippen molar-refractivity contribution in [3.05, 3.63) is 36.4 Å². The van der Waals surface area contributed by atoms with Gasteiger partial charge < -0.3 is 14.2 Å². The lowest BCUT2D eigenvalue weighted by molar-refractivity contribution is 0.0259. The molecule has 1 N–H and O–H groups in total. The highest BCUT2D eigenvalue weighted by atomic mass is 32.2. The van der Waals surface area contributed by atoms with E-state index in [0.29, 0.717) is 11.6 Å². The van der Waals surface area contributed by atoms with Crippen LogP contribution in [0.5, 0.6) is 0 Å². The first-order valence-corrected chi connectivity index (χ1v) is 7.30. The minimum atomic E-state index is -1.26. The molecule has 19 heavy (non-hydrogen) atoms. The van der Waals surface area contributed by atoms with Crippen LogP contribution >= 0.6 is 11.8 Å². The van der Waals surface area contributed by atoms with Crippen LogP contribution < -0.4 is 0 Å². The van der Waals surface area contributed by atoms with Crippen molar-refractivity contribution in [2.24, 2.45) is 14.1 Å². The fraction of sp³-hybridized carbons (Fsp3) is 0.538. The summed E-state index contributed by atoms with van der Waals surface area (Å²) in [6.07, 6.45) is 9.04. The van der Waals surface area contributed by atoms with E-state index in [1.54, 1.807) is 24.2 Å². The summed E-state index contributed by atoms with van der Waals surface area (Å²) in [4.78, 5) is 8.69. The van der Waals surface area contributed by atoms with Gasteiger partial charge in [0.25, 0.3) is 0 Å². The fourth-order valence-corrected chi connectivity index (χ4v) is 2.69. The molecule has 6 heteroatoms. The van der Waals surface area contributed by atoms with E-state index in [1.807, 2.05) is 55.7 Å². The third-order valence-corrected chi connectivity index (χ3v) is 4.99. The summed E-state index contributed by atoms with van der Waals surface area (Å²) in [5, 5.41) is 11.4. The highest BCUT2D eigenvalue weighted by Crippen LogP contribution is 2.44. The Balaban J connectivity index is 2.72. The van der Waals surface area contributed by atoms with Crippen molar-refractivity contribution >= 4 is 11.8 Å². The van der Waals surface area contributed by atoms with E-state index >= 15 is 0 Å². The molecule has 0 saturated carbocycles. The zero-order valence-electron chi connectivity index (χ0n) is 12.0. The molecule has 0 atom stereocenters. The van der Waals surface area contributed by atoms with Crippen molar-refractivity contribution in [1.82, 2.24) is 19.1 Å². The number of aromatic nitrogens is 4. The van der Waals surface area contributed by atoms with Gasteiger partial charge in [0.1, 0.15) is 11.6 Å². The maximum atomic E-state index is 11.4. The fourth-order valence-electron chi connectivity index (χ4n) is 2.21. The third-order valence-electron chi connectivity index (χ3n) is 3.67. The first-order valence-electron chi connectivity index (χ1n) is 6.07. The summed E-state index contributed by atoms with van der Waals surface area (Å²) in [5.74, 6) is 1.20. The van der Waals surface area contributed by atoms with Crippen LogP contribution in [-0.4, -0.2) is 35.2 Å². The second-order valence-corrected chi connectivity index (χ2v) is 6.58. The Morgan fingerprint density at radius 2 is 1.47 bits per heavy atom. The minimum absolute atomic E-state index is 0.467. The second-order valence-electron chi connectivity index (χ2n) is 5.15. The molecule has 0 bridgehead atoms. The van der Waals surface area contributed by atoms with Crippen LogP contribution in [-0.2, 0) is 19.7 Å². The Hall–Kier alpha value is -1.27. The smallest absolute Gasteiger partial charge is 0.194 e. The zero-order chi connectivity index (χ0) is 14.3. The Morgan fingerprint density at radius 3 is 1.74 bits per heavy atom. The molecule has 0 aliphatic rings. The Labute approximate surface area is 117 Å². The van der Waals surface area contributed by atoms with Crippen molar-refractivity contribution in [3.63, 3.8) is 0 Å². The number of aliphatic hydroxyl groups is 1. The molecule has 5 nitrogen and oxygen atoms in total. The van der Waals surface area contributed by atoms with Crippen molar-refractivity contribution in [1.29, 1.82) is 0 Å². The predicted molar refractivity (Wildman–Crippen MR) is 77.0 cm³/mol. The lowest BCUT2D eigenvalue weighted by Crippen LogP contribution is -2.49. The van der Waals surface area contributed by atoms with Crippen LogP contribution in [0.4, 0.5) is 0 Å². The average molecular weight is 280 g/mol. The molecular formula is C13H20N4OS. The summed E-state index contributed by atoms with van der Waals surface area (Å²) in [6, 6.07) is 0. The molecule has 0 radical (unpaired) electrons. The molecule has 2 aromatic heterocycles. The van der Waals surface area contributed by atoms with Gasteiger partial charge in [0.05, 0.1) is 4.75 Å². The summed E-state index contributed by atoms with van der Waals surface area (Å²) in [5.41, 5.74) is -1.26. The van der Waals surface area contributed by atoms with Gasteiger partial charge >= 0.3 is 0 Å². The van der Waals surface area contributed by atoms with E-state index in [1.165, 1.54) is 0 Å². The van der Waals surface area contributed by atoms with Gasteiger partial charge in [0.15, 0.2) is 5.60 Å². The van der Waals surface area contributed by atoms with Gasteiger partial charge in [-0.05, 0) is 20.1 Å². The molecule has 0 spiro atoms. The van der Waals surface area contributed by atoms with Gasteiger partial charge in [0, 0.05) is 38.9 Å². The number of hydrogen-bond donors (Lipinski definition) is 1. The van der Waals surface area contributed by atoms with Gasteiger partial charge in [-0.25, -0.2) is 9.97 Å². The molecule has 0 unspecified atom stereocenters. The maximum absolute atomic E-state index is 11.4. The summed E-state index contributed by atoms with van der Waals surface area (Å²) < 4.78 is 3.21. The number of nitrogens with zero attached hydrogens (tertiary/aromatic N) is 4. The Bertz CT molecular complexity index is 532. The molecule has 0 aliphatic heterocycles. The summed E-state index contributed by atoms with van der Waals surface area (Å²) in [7, 11) is 3.76. The second kappa shape index (κ2) is 4.68. The predicted octanol–water partition coefficient (Wildman–Crippen LogP) is 1.53. The minimum Gasteiger partial charge on any atom is -0.373 e. The van der Waals surface area contributed by atoms with Crippen molar-refractivity contribution in [3.8, 4) is 0 Å². The number of imidazole rings is 2. The van der Waals surface area contributed by atoms with Gasteiger partial charge in [-0.15, -0.1) is 0 Å². The van der Waals surface area contributed by atoms with Gasteiger partial charge in [-0.1, -0.05) is 0 Å². The van der Waals surface area contributed by atoms with E-state index in [-0.39, 0.29) is 0 Å². The quantitative estimate of drug-likeness (QED) is 0.923. The number of rotatable bonds is 4. The van der Waals surface area contributed by atoms with Crippen molar-refractivity contribution < 1.29 is 5.11 Å². The van der Waals surface area contributed by atoms with Crippen LogP contribution in [0.3, 0.4) is 0 Å². The van der Waals surface area contributed by atoms with Crippen LogP contribution in [0.1, 0.15) is 25.5 Å². The van der Waals surface area contributed by atoms with Crippen LogP contribution in [0.2, 0.25) is 0 Å². The molecule has 0 amide bonds. The van der Waals surface area contributed by atoms with Crippen LogP contribution in [0, 0.1) is 0 Å². The molecular weight excluding hydrogens is 260 g/mol. The Kier molecular flexibility index (Phi) is 3.49. The third kappa shape index (κ3) is 1.99. The monoisotopic (exact) mass is 280 g/mol. The molecule has 2 heterocycles. The van der Waals surface area contributed by atoms with E-state index in [9.17, 15) is 5.11 Å². The van der Waals surface area contributed by atoms with E-state index < -0.39 is 10.3 Å². The molecule has 0 fully saturated rings. The molecule has 0 saturated heterocycles. The van der Waals surface area contributed by atoms with Crippen LogP contribution in [0.15, 0.2) is 24.8 Å². The molecule has 0 aromatic carbocycles. The lowest BCUT2D eigenvalue weighted by atomic mass is 9.87. The summed E-state index contributed by atoms with van der Waals surface area (Å²) in [6.45, 7) is 4.00. The molecule has 104 valence electrons. The van der Waals surface area contributed by atoms with E-state index in [2.05, 4.69) is 9.97 Å². The summed E-state index contributed by atoms with van der Waals surface area (Å²) >= 11 is 1.59. The topological polar surface area (TPSA) is 55.9 Å². The number of hydrogen-bond acceptors (Lipinski definition) is 4. The van der Waals surface area contributed by atoms with Crippen molar-refractivity contribution in [2.45, 2.75) is 24.2 Å². The van der Waals surface area contributed by atoms with Crippen LogP contribution in [0.25, 0.3) is 0 Å². The number of aryl methyl sites for hydroxylation is 2. The normalized spacial score (nSPS) is 12.9. The molecule has 2 rings (SSSR count). The zero-order valence-corrected chi connectivity index (χ0v) is 12.8. The maximum Gasteiger partial charge on any atom is 0.194 e. The first-order chi connectivity index (χ1) is 8.84. The van der Waals surface area contributed by atoms with Gasteiger partial charge in [-0.2, -0.15) is 11.8 Å². The molecule has 0 aliphatic carbocycles. The Morgan fingerprint density at radius 1 is 1.05 bits per heavy atom. The SMILES string of the molecule is CSC(C)(C)C(O)(c1nccn1C)c1nccn1C. The first kappa shape index (κ1) is 14.1. The highest BCUT2D eigenvalue weighted by molar-refractivity contribution is 8.00. The largest absolute Gasteiger partial charge is 0.373 e. The van der Waals surface area contributed by atoms with E-state index in [4.69, 9.17) is 0 Å². The van der Waals surface area contributed by atoms with Gasteiger partial charge in [0.2, 0.25) is 0 Å². The molecule has 2 aromatic rings. The standard InChI is InChI=1S/C13H20N4OS/c1-12(2,19-5)13(18,10-14-6-8-16(10)3)11-15-7-9-17(11)4/h6-9,18H,1-5H3. The average Bonchev–Trinajstić information content (AvgIpc) is 2.97.